The van der Waals surface area contributed by atoms with E-state index in [1.807, 2.05) is 17.5 Å². The highest BCUT2D eigenvalue weighted by Crippen LogP contribution is 2.21. The van der Waals surface area contributed by atoms with Crippen LogP contribution in [0.2, 0.25) is 0 Å². The van der Waals surface area contributed by atoms with Crippen LogP contribution >= 0.6 is 11.3 Å². The number of nitrogens with one attached hydrogen (secondary N) is 1. The summed E-state index contributed by atoms with van der Waals surface area (Å²) in [7, 11) is 0. The predicted molar refractivity (Wildman–Crippen MR) is 55.4 cm³/mol. The van der Waals surface area contributed by atoms with Gasteiger partial charge in [0.1, 0.15) is 0 Å². The molecule has 0 amide bonds. The molecule has 2 aromatic rings. The lowest BCUT2D eigenvalue weighted by Gasteiger charge is -2.05. The van der Waals surface area contributed by atoms with Gasteiger partial charge < -0.3 is 9.84 Å². The van der Waals surface area contributed by atoms with Gasteiger partial charge in [-0.25, -0.2) is 0 Å². The Kier molecular flexibility index (Phi) is 3.43. The molecular formula is C9H8F3N3OS. The predicted octanol–water partition coefficient (Wildman–Crippen LogP) is 2.45. The zero-order chi connectivity index (χ0) is 12.3. The van der Waals surface area contributed by atoms with Gasteiger partial charge in [0.2, 0.25) is 11.7 Å². The fourth-order valence-corrected chi connectivity index (χ4v) is 1.79. The Morgan fingerprint density at radius 3 is 2.88 bits per heavy atom. The topological polar surface area (TPSA) is 51.0 Å². The summed E-state index contributed by atoms with van der Waals surface area (Å²) >= 11 is 1.43. The molecule has 2 aromatic heterocycles. The van der Waals surface area contributed by atoms with Crippen molar-refractivity contribution in [1.29, 1.82) is 0 Å². The Bertz CT molecular complexity index is 466. The molecule has 92 valence electrons. The normalized spacial score (nSPS) is 11.9. The Hall–Kier alpha value is -1.41. The summed E-state index contributed by atoms with van der Waals surface area (Å²) < 4.78 is 40.4. The van der Waals surface area contributed by atoms with Gasteiger partial charge in [-0.05, 0) is 11.4 Å². The quantitative estimate of drug-likeness (QED) is 0.920. The molecule has 8 heteroatoms. The summed E-state index contributed by atoms with van der Waals surface area (Å²) in [4.78, 5) is 4.79. The molecule has 0 radical (unpaired) electrons. The second-order valence-electron chi connectivity index (χ2n) is 3.21. The Labute approximate surface area is 98.5 Å². The lowest BCUT2D eigenvalue weighted by Crippen LogP contribution is -2.28. The van der Waals surface area contributed by atoms with E-state index in [9.17, 15) is 13.2 Å². The van der Waals surface area contributed by atoms with Crippen LogP contribution in [-0.4, -0.2) is 22.9 Å². The number of hydrogen-bond acceptors (Lipinski definition) is 5. The number of aromatic nitrogens is 2. The Morgan fingerprint density at radius 1 is 1.41 bits per heavy atom. The van der Waals surface area contributed by atoms with E-state index in [0.717, 1.165) is 4.88 Å². The van der Waals surface area contributed by atoms with E-state index in [1.54, 1.807) is 0 Å². The van der Waals surface area contributed by atoms with Crippen LogP contribution in [0.5, 0.6) is 0 Å². The maximum Gasteiger partial charge on any atom is 0.401 e. The molecule has 4 nitrogen and oxygen atoms in total. The van der Waals surface area contributed by atoms with Crippen molar-refractivity contribution < 1.29 is 17.7 Å². The van der Waals surface area contributed by atoms with Crippen LogP contribution < -0.4 is 5.32 Å². The highest BCUT2D eigenvalue weighted by Gasteiger charge is 2.26. The highest BCUT2D eigenvalue weighted by molar-refractivity contribution is 7.13. The molecule has 2 rings (SSSR count). The maximum absolute atomic E-state index is 11.9. The first kappa shape index (κ1) is 12.1. The van der Waals surface area contributed by atoms with Crippen molar-refractivity contribution in [3.8, 4) is 10.7 Å². The zero-order valence-corrected chi connectivity index (χ0v) is 9.31. The van der Waals surface area contributed by atoms with E-state index in [-0.39, 0.29) is 12.4 Å². The summed E-state index contributed by atoms with van der Waals surface area (Å²) in [5, 5.41) is 7.71. The number of halogens is 3. The maximum atomic E-state index is 11.9. The molecule has 1 N–H and O–H groups in total. The summed E-state index contributed by atoms with van der Waals surface area (Å²) in [6, 6.07) is 3.64. The fourth-order valence-electron chi connectivity index (χ4n) is 1.14. The summed E-state index contributed by atoms with van der Waals surface area (Å²) in [5.41, 5.74) is 0. The van der Waals surface area contributed by atoms with E-state index >= 15 is 0 Å². The van der Waals surface area contributed by atoms with Gasteiger partial charge in [-0.1, -0.05) is 11.2 Å². The van der Waals surface area contributed by atoms with Crippen LogP contribution in [0.1, 0.15) is 5.89 Å². The van der Waals surface area contributed by atoms with Crippen molar-refractivity contribution in [2.24, 2.45) is 0 Å². The minimum absolute atomic E-state index is 0.0993. The monoisotopic (exact) mass is 263 g/mol. The standard InChI is InChI=1S/C9H8F3N3OS/c10-9(11,12)5-13-4-7-14-8(15-16-7)6-2-1-3-17-6/h1-3,13H,4-5H2. The molecular weight excluding hydrogens is 255 g/mol. The molecule has 17 heavy (non-hydrogen) atoms. The number of rotatable bonds is 4. The minimum atomic E-state index is -4.24. The number of alkyl halides is 3. The average Bonchev–Trinajstić information content (AvgIpc) is 2.83. The van der Waals surface area contributed by atoms with Crippen LogP contribution in [0.4, 0.5) is 13.2 Å². The SMILES string of the molecule is FC(F)(F)CNCc1nc(-c2cccs2)no1. The first-order valence-corrected chi connectivity index (χ1v) is 5.56. The van der Waals surface area contributed by atoms with Gasteiger partial charge >= 0.3 is 6.18 Å². The number of thiophene rings is 1. The van der Waals surface area contributed by atoms with E-state index in [4.69, 9.17) is 4.52 Å². The first-order valence-electron chi connectivity index (χ1n) is 4.68. The Morgan fingerprint density at radius 2 is 2.24 bits per heavy atom. The van der Waals surface area contributed by atoms with Crippen molar-refractivity contribution in [1.82, 2.24) is 15.5 Å². The Balaban J connectivity index is 1.91. The zero-order valence-electron chi connectivity index (χ0n) is 8.49. The number of nitrogens with zero attached hydrogens (tertiary/aromatic N) is 2. The first-order chi connectivity index (χ1) is 8.04. The molecule has 0 aliphatic rings. The van der Waals surface area contributed by atoms with E-state index < -0.39 is 12.7 Å². The van der Waals surface area contributed by atoms with Crippen LogP contribution in [0, 0.1) is 0 Å². The van der Waals surface area contributed by atoms with Gasteiger partial charge in [0, 0.05) is 0 Å². The van der Waals surface area contributed by atoms with Gasteiger partial charge in [-0.15, -0.1) is 11.3 Å². The van der Waals surface area contributed by atoms with Crippen LogP contribution in [0.3, 0.4) is 0 Å². The smallest absolute Gasteiger partial charge is 0.338 e. The molecule has 0 aliphatic heterocycles. The molecule has 0 aromatic carbocycles. The summed E-state index contributed by atoms with van der Waals surface area (Å²) in [5.74, 6) is 0.529. The second kappa shape index (κ2) is 4.84. The van der Waals surface area contributed by atoms with E-state index in [1.165, 1.54) is 11.3 Å². The second-order valence-corrected chi connectivity index (χ2v) is 4.16. The lowest BCUT2D eigenvalue weighted by atomic mass is 10.4. The lowest BCUT2D eigenvalue weighted by molar-refractivity contribution is -0.125. The molecule has 0 bridgehead atoms. The molecule has 0 fully saturated rings. The summed E-state index contributed by atoms with van der Waals surface area (Å²) in [6.45, 7) is -1.18. The number of hydrogen-bond donors (Lipinski definition) is 1. The molecule has 0 atom stereocenters. The van der Waals surface area contributed by atoms with Crippen LogP contribution in [0.15, 0.2) is 22.0 Å². The van der Waals surface area contributed by atoms with E-state index in [0.29, 0.717) is 5.82 Å². The van der Waals surface area contributed by atoms with Gasteiger partial charge in [0.25, 0.3) is 0 Å². The third-order valence-electron chi connectivity index (χ3n) is 1.81. The molecule has 2 heterocycles. The third-order valence-corrected chi connectivity index (χ3v) is 2.68. The molecule has 0 aliphatic carbocycles. The molecule has 0 unspecified atom stereocenters. The van der Waals surface area contributed by atoms with Crippen molar-refractivity contribution in [3.63, 3.8) is 0 Å². The van der Waals surface area contributed by atoms with Crippen molar-refractivity contribution >= 4 is 11.3 Å². The van der Waals surface area contributed by atoms with Gasteiger partial charge in [0.05, 0.1) is 18.0 Å². The van der Waals surface area contributed by atoms with Crippen molar-refractivity contribution in [2.75, 3.05) is 6.54 Å². The largest absolute Gasteiger partial charge is 0.401 e. The fraction of sp³-hybridized carbons (Fsp3) is 0.333. The van der Waals surface area contributed by atoms with E-state index in [2.05, 4.69) is 15.5 Å². The molecule has 0 saturated heterocycles. The van der Waals surface area contributed by atoms with Gasteiger partial charge in [-0.3, -0.25) is 0 Å². The molecule has 0 saturated carbocycles. The minimum Gasteiger partial charge on any atom is -0.338 e. The summed E-state index contributed by atoms with van der Waals surface area (Å²) in [6.07, 6.45) is -4.24. The highest BCUT2D eigenvalue weighted by atomic mass is 32.1. The van der Waals surface area contributed by atoms with Gasteiger partial charge in [-0.2, -0.15) is 18.2 Å². The molecule has 0 spiro atoms. The van der Waals surface area contributed by atoms with Crippen molar-refractivity contribution in [3.05, 3.63) is 23.4 Å². The van der Waals surface area contributed by atoms with Crippen LogP contribution in [0.25, 0.3) is 10.7 Å². The van der Waals surface area contributed by atoms with Crippen LogP contribution in [-0.2, 0) is 6.54 Å². The van der Waals surface area contributed by atoms with Gasteiger partial charge in [0.15, 0.2) is 0 Å². The third kappa shape index (κ3) is 3.53. The van der Waals surface area contributed by atoms with Crippen molar-refractivity contribution in [2.45, 2.75) is 12.7 Å². The average molecular weight is 263 g/mol.